The van der Waals surface area contributed by atoms with E-state index in [1.54, 1.807) is 27.7 Å². The molecule has 0 radical (unpaired) electrons. The van der Waals surface area contributed by atoms with E-state index >= 15 is 0 Å². The Morgan fingerprint density at radius 3 is 2.13 bits per heavy atom. The Morgan fingerprint density at radius 2 is 1.65 bits per heavy atom. The van der Waals surface area contributed by atoms with Gasteiger partial charge in [-0.1, -0.05) is 0 Å². The Morgan fingerprint density at radius 1 is 1.09 bits per heavy atom. The summed E-state index contributed by atoms with van der Waals surface area (Å²) in [6.45, 7) is 6.89. The molecule has 2 N–H and O–H groups in total. The minimum absolute atomic E-state index is 0.0197. The zero-order valence-corrected chi connectivity index (χ0v) is 14.6. The van der Waals surface area contributed by atoms with Crippen molar-refractivity contribution in [1.29, 1.82) is 0 Å². The lowest BCUT2D eigenvalue weighted by molar-refractivity contribution is -0.146. The van der Waals surface area contributed by atoms with Gasteiger partial charge in [0.2, 0.25) is 5.91 Å². The molecule has 0 unspecified atom stereocenters. The van der Waals surface area contributed by atoms with Gasteiger partial charge in [-0.2, -0.15) is 0 Å². The number of methoxy groups -OCH3 is 1. The highest BCUT2D eigenvalue weighted by Gasteiger charge is 2.29. The fourth-order valence-corrected chi connectivity index (χ4v) is 2.52. The molecule has 1 fully saturated rings. The molecule has 0 spiro atoms. The Kier molecular flexibility index (Phi) is 6.84. The molecular weight excluding hydrogens is 300 g/mol. The summed E-state index contributed by atoms with van der Waals surface area (Å²) in [5.41, 5.74) is -0.605. The van der Waals surface area contributed by atoms with E-state index in [-0.39, 0.29) is 23.8 Å². The largest absolute Gasteiger partial charge is 0.469 e. The summed E-state index contributed by atoms with van der Waals surface area (Å²) < 4.78 is 9.86. The van der Waals surface area contributed by atoms with E-state index in [4.69, 9.17) is 9.47 Å². The second kappa shape index (κ2) is 8.17. The minimum Gasteiger partial charge on any atom is -0.469 e. The second-order valence-corrected chi connectivity index (χ2v) is 6.95. The number of ether oxygens (including phenoxy) is 2. The maximum atomic E-state index is 12.1. The zero-order valence-electron chi connectivity index (χ0n) is 14.6. The number of amides is 2. The van der Waals surface area contributed by atoms with Crippen LogP contribution in [0.3, 0.4) is 0 Å². The van der Waals surface area contributed by atoms with Crippen molar-refractivity contribution >= 4 is 18.0 Å². The van der Waals surface area contributed by atoms with Gasteiger partial charge in [0.15, 0.2) is 0 Å². The molecular formula is C16H28N2O5. The first kappa shape index (κ1) is 19.3. The molecule has 0 aliphatic heterocycles. The molecule has 0 aromatic rings. The van der Waals surface area contributed by atoms with Crippen LogP contribution in [0.4, 0.5) is 4.79 Å². The van der Waals surface area contributed by atoms with Crippen molar-refractivity contribution in [2.45, 2.75) is 71.1 Å². The van der Waals surface area contributed by atoms with Crippen molar-refractivity contribution in [1.82, 2.24) is 10.6 Å². The monoisotopic (exact) mass is 328 g/mol. The summed E-state index contributed by atoms with van der Waals surface area (Å²) >= 11 is 0. The normalized spacial score (nSPS) is 22.7. The fraction of sp³-hybridized carbons (Fsp3) is 0.812. The van der Waals surface area contributed by atoms with Crippen molar-refractivity contribution in [3.8, 4) is 0 Å². The number of esters is 1. The molecule has 0 aromatic heterocycles. The molecule has 2 amide bonds. The molecule has 23 heavy (non-hydrogen) atoms. The van der Waals surface area contributed by atoms with Crippen LogP contribution < -0.4 is 10.6 Å². The maximum absolute atomic E-state index is 12.1. The molecule has 7 nitrogen and oxygen atoms in total. The third-order valence-corrected chi connectivity index (χ3v) is 3.73. The van der Waals surface area contributed by atoms with E-state index in [1.807, 2.05) is 0 Å². The number of hydrogen-bond acceptors (Lipinski definition) is 5. The van der Waals surface area contributed by atoms with E-state index in [9.17, 15) is 14.4 Å². The van der Waals surface area contributed by atoms with Gasteiger partial charge in [-0.05, 0) is 53.4 Å². The van der Waals surface area contributed by atoms with Crippen LogP contribution in [0.5, 0.6) is 0 Å². The minimum atomic E-state index is -0.678. The highest BCUT2D eigenvalue weighted by atomic mass is 16.6. The summed E-state index contributed by atoms with van der Waals surface area (Å²) in [7, 11) is 1.39. The predicted octanol–water partition coefficient (Wildman–Crippen LogP) is 1.75. The summed E-state index contributed by atoms with van der Waals surface area (Å²) in [6.07, 6.45) is 2.24. The van der Waals surface area contributed by atoms with Gasteiger partial charge >= 0.3 is 12.1 Å². The van der Waals surface area contributed by atoms with E-state index in [0.29, 0.717) is 12.8 Å². The van der Waals surface area contributed by atoms with Gasteiger partial charge in [0, 0.05) is 6.04 Å². The molecule has 7 heteroatoms. The predicted molar refractivity (Wildman–Crippen MR) is 84.7 cm³/mol. The van der Waals surface area contributed by atoms with Gasteiger partial charge in [-0.15, -0.1) is 0 Å². The van der Waals surface area contributed by atoms with Crippen LogP contribution in [0.2, 0.25) is 0 Å². The van der Waals surface area contributed by atoms with Crippen LogP contribution in [-0.2, 0) is 19.1 Å². The molecule has 0 bridgehead atoms. The van der Waals surface area contributed by atoms with Crippen molar-refractivity contribution in [3.63, 3.8) is 0 Å². The van der Waals surface area contributed by atoms with E-state index < -0.39 is 17.7 Å². The quantitative estimate of drug-likeness (QED) is 0.767. The van der Waals surface area contributed by atoms with Gasteiger partial charge in [0.05, 0.1) is 13.0 Å². The first-order valence-corrected chi connectivity index (χ1v) is 8.00. The Bertz CT molecular complexity index is 436. The van der Waals surface area contributed by atoms with Gasteiger partial charge in [-0.3, -0.25) is 9.59 Å². The molecule has 0 aromatic carbocycles. The van der Waals surface area contributed by atoms with Crippen LogP contribution in [0.1, 0.15) is 53.4 Å². The van der Waals surface area contributed by atoms with Gasteiger partial charge in [0.25, 0.3) is 0 Å². The van der Waals surface area contributed by atoms with Crippen LogP contribution in [0.25, 0.3) is 0 Å². The highest BCUT2D eigenvalue weighted by molar-refractivity contribution is 5.85. The lowest BCUT2D eigenvalue weighted by Crippen LogP contribution is -2.50. The second-order valence-electron chi connectivity index (χ2n) is 6.95. The Hall–Kier alpha value is -1.79. The molecule has 1 aliphatic rings. The Balaban J connectivity index is 2.36. The average molecular weight is 328 g/mol. The van der Waals surface area contributed by atoms with Gasteiger partial charge in [0.1, 0.15) is 11.6 Å². The number of alkyl carbamates (subject to hydrolysis) is 1. The van der Waals surface area contributed by atoms with Gasteiger partial charge < -0.3 is 20.1 Å². The van der Waals surface area contributed by atoms with E-state index in [2.05, 4.69) is 10.6 Å². The topological polar surface area (TPSA) is 93.7 Å². The summed E-state index contributed by atoms with van der Waals surface area (Å²) in [6, 6.07) is -0.658. The molecule has 132 valence electrons. The molecule has 1 saturated carbocycles. The summed E-state index contributed by atoms with van der Waals surface area (Å²) in [5.74, 6) is -0.516. The molecule has 0 heterocycles. The highest BCUT2D eigenvalue weighted by Crippen LogP contribution is 2.25. The van der Waals surface area contributed by atoms with Crippen LogP contribution in [0, 0.1) is 5.92 Å². The molecule has 0 saturated heterocycles. The standard InChI is InChI=1S/C16H28N2O5/c1-10(17-15(21)23-16(2,3)4)13(19)18-12-8-6-11(7-9-12)14(20)22-5/h10-12H,6-9H2,1-5H3,(H,17,21)(H,18,19)/t10-,11-,12-/m0/s1. The van der Waals surface area contributed by atoms with Crippen molar-refractivity contribution in [2.75, 3.05) is 7.11 Å². The average Bonchev–Trinajstić information content (AvgIpc) is 2.45. The summed E-state index contributed by atoms with van der Waals surface area (Å²) in [4.78, 5) is 35.2. The molecule has 1 atom stereocenters. The van der Waals surface area contributed by atoms with Gasteiger partial charge in [-0.25, -0.2) is 4.79 Å². The lowest BCUT2D eigenvalue weighted by Gasteiger charge is -2.28. The number of carbonyl (C=O) groups is 3. The first-order valence-electron chi connectivity index (χ1n) is 8.00. The number of nitrogens with one attached hydrogen (secondary N) is 2. The SMILES string of the molecule is COC(=O)[C@H]1CC[C@H](NC(=O)[C@H](C)NC(=O)OC(C)(C)C)CC1. The van der Waals surface area contributed by atoms with E-state index in [0.717, 1.165) is 12.8 Å². The van der Waals surface area contributed by atoms with Crippen LogP contribution in [-0.4, -0.2) is 42.8 Å². The lowest BCUT2D eigenvalue weighted by atomic mass is 9.86. The summed E-state index contributed by atoms with van der Waals surface area (Å²) in [5, 5.41) is 5.42. The third kappa shape index (κ3) is 6.88. The Labute approximate surface area is 137 Å². The number of carbonyl (C=O) groups excluding carboxylic acids is 3. The van der Waals surface area contributed by atoms with Crippen molar-refractivity contribution < 1.29 is 23.9 Å². The fourth-order valence-electron chi connectivity index (χ4n) is 2.52. The first-order chi connectivity index (χ1) is 10.6. The third-order valence-electron chi connectivity index (χ3n) is 3.73. The molecule has 1 aliphatic carbocycles. The maximum Gasteiger partial charge on any atom is 0.408 e. The van der Waals surface area contributed by atoms with Crippen LogP contribution >= 0.6 is 0 Å². The van der Waals surface area contributed by atoms with Crippen LogP contribution in [0.15, 0.2) is 0 Å². The van der Waals surface area contributed by atoms with Crippen molar-refractivity contribution in [2.24, 2.45) is 5.92 Å². The zero-order chi connectivity index (χ0) is 17.6. The number of hydrogen-bond donors (Lipinski definition) is 2. The van der Waals surface area contributed by atoms with Crippen molar-refractivity contribution in [3.05, 3.63) is 0 Å². The van der Waals surface area contributed by atoms with E-state index in [1.165, 1.54) is 7.11 Å². The number of rotatable bonds is 4. The smallest absolute Gasteiger partial charge is 0.408 e. The molecule has 1 rings (SSSR count).